The van der Waals surface area contributed by atoms with Crippen LogP contribution < -0.4 is 9.47 Å². The average molecular weight is 379 g/mol. The van der Waals surface area contributed by atoms with Crippen molar-refractivity contribution in [2.75, 3.05) is 26.8 Å². The SMILES string of the molecule is COc1ccccc1OCC(=O)N1CC(S(=O)(=O)c2ccc(F)cc2)C1. The van der Waals surface area contributed by atoms with Gasteiger partial charge in [-0.25, -0.2) is 12.8 Å². The predicted molar refractivity (Wildman–Crippen MR) is 92.4 cm³/mol. The first-order valence-corrected chi connectivity index (χ1v) is 9.49. The van der Waals surface area contributed by atoms with E-state index in [1.807, 2.05) is 0 Å². The summed E-state index contributed by atoms with van der Waals surface area (Å²) in [7, 11) is -2.08. The first-order chi connectivity index (χ1) is 12.4. The lowest BCUT2D eigenvalue weighted by Gasteiger charge is -2.38. The van der Waals surface area contributed by atoms with E-state index in [0.29, 0.717) is 11.5 Å². The van der Waals surface area contributed by atoms with E-state index in [-0.39, 0.29) is 30.5 Å². The van der Waals surface area contributed by atoms with Crippen molar-refractivity contribution in [1.29, 1.82) is 0 Å². The highest BCUT2D eigenvalue weighted by molar-refractivity contribution is 7.92. The molecule has 8 heteroatoms. The molecular weight excluding hydrogens is 361 g/mol. The van der Waals surface area contributed by atoms with Crippen molar-refractivity contribution in [2.24, 2.45) is 0 Å². The molecule has 0 aromatic heterocycles. The molecule has 1 aliphatic heterocycles. The van der Waals surface area contributed by atoms with Crippen LogP contribution >= 0.6 is 0 Å². The number of likely N-dealkylation sites (tertiary alicyclic amines) is 1. The summed E-state index contributed by atoms with van der Waals surface area (Å²) in [6, 6.07) is 11.6. The fourth-order valence-electron chi connectivity index (χ4n) is 2.62. The van der Waals surface area contributed by atoms with Crippen LogP contribution in [0.5, 0.6) is 11.5 Å². The lowest BCUT2D eigenvalue weighted by atomic mass is 10.2. The van der Waals surface area contributed by atoms with Gasteiger partial charge >= 0.3 is 0 Å². The molecule has 1 saturated heterocycles. The third-order valence-electron chi connectivity index (χ3n) is 4.20. The van der Waals surface area contributed by atoms with E-state index in [2.05, 4.69) is 0 Å². The summed E-state index contributed by atoms with van der Waals surface area (Å²) in [6.07, 6.45) is 0. The van der Waals surface area contributed by atoms with Gasteiger partial charge in [0, 0.05) is 13.1 Å². The predicted octanol–water partition coefficient (Wildman–Crippen LogP) is 1.90. The van der Waals surface area contributed by atoms with Crippen molar-refractivity contribution in [3.8, 4) is 11.5 Å². The first kappa shape index (κ1) is 18.2. The Balaban J connectivity index is 1.56. The van der Waals surface area contributed by atoms with Gasteiger partial charge in [0.2, 0.25) is 0 Å². The minimum atomic E-state index is -3.58. The Morgan fingerprint density at radius 2 is 1.73 bits per heavy atom. The highest BCUT2D eigenvalue weighted by Crippen LogP contribution is 2.27. The Bertz CT molecular complexity index is 892. The van der Waals surface area contributed by atoms with Crippen molar-refractivity contribution >= 4 is 15.7 Å². The number of rotatable bonds is 6. The number of carbonyl (C=O) groups is 1. The number of ether oxygens (including phenoxy) is 2. The van der Waals surface area contributed by atoms with Gasteiger partial charge in [-0.15, -0.1) is 0 Å². The van der Waals surface area contributed by atoms with Crippen molar-refractivity contribution < 1.29 is 27.1 Å². The van der Waals surface area contributed by atoms with Gasteiger partial charge in [0.25, 0.3) is 5.91 Å². The van der Waals surface area contributed by atoms with E-state index in [1.54, 1.807) is 24.3 Å². The summed E-state index contributed by atoms with van der Waals surface area (Å²) in [6.45, 7) is -0.0225. The molecule has 0 N–H and O–H groups in total. The zero-order valence-electron chi connectivity index (χ0n) is 14.1. The van der Waals surface area contributed by atoms with Gasteiger partial charge in [-0.2, -0.15) is 0 Å². The van der Waals surface area contributed by atoms with Crippen LogP contribution in [0.4, 0.5) is 4.39 Å². The molecule has 0 spiro atoms. The largest absolute Gasteiger partial charge is 0.493 e. The fourth-order valence-corrected chi connectivity index (χ4v) is 4.28. The standard InChI is InChI=1S/C18H18FNO5S/c1-24-16-4-2-3-5-17(16)25-12-18(21)20-10-15(11-20)26(22,23)14-8-6-13(19)7-9-14/h2-9,15H,10-12H2,1H3. The van der Waals surface area contributed by atoms with Gasteiger partial charge in [0.1, 0.15) is 11.1 Å². The van der Waals surface area contributed by atoms with Crippen molar-refractivity contribution in [2.45, 2.75) is 10.1 Å². The van der Waals surface area contributed by atoms with Crippen LogP contribution in [0.25, 0.3) is 0 Å². The Morgan fingerprint density at radius 1 is 1.12 bits per heavy atom. The smallest absolute Gasteiger partial charge is 0.260 e. The number of benzene rings is 2. The van der Waals surface area contributed by atoms with E-state index in [1.165, 1.54) is 24.1 Å². The number of nitrogens with zero attached hydrogens (tertiary/aromatic N) is 1. The second kappa shape index (κ2) is 7.33. The Kier molecular flexibility index (Phi) is 5.13. The Labute approximate surface area is 151 Å². The first-order valence-electron chi connectivity index (χ1n) is 7.95. The van der Waals surface area contributed by atoms with Gasteiger partial charge in [-0.05, 0) is 36.4 Å². The molecular formula is C18H18FNO5S. The Hall–Kier alpha value is -2.61. The molecule has 0 radical (unpaired) electrons. The molecule has 0 unspecified atom stereocenters. The number of hydrogen-bond donors (Lipinski definition) is 0. The van der Waals surface area contributed by atoms with E-state index < -0.39 is 20.9 Å². The quantitative estimate of drug-likeness (QED) is 0.717. The van der Waals surface area contributed by atoms with Crippen LogP contribution in [0.15, 0.2) is 53.4 Å². The minimum Gasteiger partial charge on any atom is -0.493 e. The number of methoxy groups -OCH3 is 1. The fraction of sp³-hybridized carbons (Fsp3) is 0.278. The van der Waals surface area contributed by atoms with Crippen LogP contribution in [0.2, 0.25) is 0 Å². The lowest BCUT2D eigenvalue weighted by Crippen LogP contribution is -2.57. The molecule has 1 heterocycles. The monoisotopic (exact) mass is 379 g/mol. The highest BCUT2D eigenvalue weighted by Gasteiger charge is 2.40. The molecule has 2 aromatic carbocycles. The molecule has 2 aromatic rings. The van der Waals surface area contributed by atoms with Gasteiger partial charge in [-0.3, -0.25) is 4.79 Å². The zero-order chi connectivity index (χ0) is 18.7. The average Bonchev–Trinajstić information content (AvgIpc) is 2.59. The summed E-state index contributed by atoms with van der Waals surface area (Å²) in [4.78, 5) is 13.6. The molecule has 0 atom stereocenters. The van der Waals surface area contributed by atoms with Crippen LogP contribution in [-0.4, -0.2) is 51.3 Å². The van der Waals surface area contributed by atoms with Crippen LogP contribution in [-0.2, 0) is 14.6 Å². The lowest BCUT2D eigenvalue weighted by molar-refractivity contribution is -0.136. The molecule has 138 valence electrons. The van der Waals surface area contributed by atoms with Crippen LogP contribution in [0, 0.1) is 5.82 Å². The topological polar surface area (TPSA) is 72.9 Å². The number of hydrogen-bond acceptors (Lipinski definition) is 5. The van der Waals surface area contributed by atoms with Gasteiger partial charge in [-0.1, -0.05) is 12.1 Å². The molecule has 1 amide bonds. The van der Waals surface area contributed by atoms with Crippen molar-refractivity contribution in [1.82, 2.24) is 4.90 Å². The molecule has 26 heavy (non-hydrogen) atoms. The number of para-hydroxylation sites is 2. The maximum absolute atomic E-state index is 12.9. The molecule has 6 nitrogen and oxygen atoms in total. The second-order valence-electron chi connectivity index (χ2n) is 5.86. The third-order valence-corrected chi connectivity index (χ3v) is 6.31. The number of amides is 1. The zero-order valence-corrected chi connectivity index (χ0v) is 14.9. The van der Waals surface area contributed by atoms with E-state index in [4.69, 9.17) is 9.47 Å². The summed E-state index contributed by atoms with van der Waals surface area (Å²) < 4.78 is 48.4. The number of sulfone groups is 1. The number of halogens is 1. The highest BCUT2D eigenvalue weighted by atomic mass is 32.2. The molecule has 0 saturated carbocycles. The summed E-state index contributed by atoms with van der Waals surface area (Å²) >= 11 is 0. The van der Waals surface area contributed by atoms with E-state index in [9.17, 15) is 17.6 Å². The van der Waals surface area contributed by atoms with Crippen molar-refractivity contribution in [3.63, 3.8) is 0 Å². The maximum Gasteiger partial charge on any atom is 0.260 e. The van der Waals surface area contributed by atoms with Gasteiger partial charge in [0.05, 0.1) is 12.0 Å². The minimum absolute atomic E-state index is 0.0567. The van der Waals surface area contributed by atoms with E-state index in [0.717, 1.165) is 12.1 Å². The van der Waals surface area contributed by atoms with Crippen LogP contribution in [0.3, 0.4) is 0 Å². The third kappa shape index (κ3) is 3.65. The molecule has 1 fully saturated rings. The molecule has 3 rings (SSSR count). The second-order valence-corrected chi connectivity index (χ2v) is 8.09. The summed E-state index contributed by atoms with van der Waals surface area (Å²) in [5, 5.41) is -0.692. The van der Waals surface area contributed by atoms with Gasteiger partial charge < -0.3 is 14.4 Å². The molecule has 0 bridgehead atoms. The van der Waals surface area contributed by atoms with Crippen molar-refractivity contribution in [3.05, 3.63) is 54.3 Å². The summed E-state index contributed by atoms with van der Waals surface area (Å²) in [5.74, 6) is 0.157. The summed E-state index contributed by atoms with van der Waals surface area (Å²) in [5.41, 5.74) is 0. The van der Waals surface area contributed by atoms with E-state index >= 15 is 0 Å². The molecule has 1 aliphatic rings. The number of carbonyl (C=O) groups excluding carboxylic acids is 1. The maximum atomic E-state index is 12.9. The normalized spacial score (nSPS) is 14.6. The molecule has 0 aliphatic carbocycles. The van der Waals surface area contributed by atoms with Crippen LogP contribution in [0.1, 0.15) is 0 Å². The Morgan fingerprint density at radius 3 is 2.35 bits per heavy atom. The van der Waals surface area contributed by atoms with Gasteiger partial charge in [0.15, 0.2) is 27.9 Å².